The Morgan fingerprint density at radius 2 is 1.45 bits per heavy atom. The van der Waals surface area contributed by atoms with E-state index in [0.717, 1.165) is 32.1 Å². The van der Waals surface area contributed by atoms with Crippen LogP contribution in [0.3, 0.4) is 0 Å². The molecule has 0 aromatic carbocycles. The average Bonchev–Trinajstić information content (AvgIpc) is 2.50. The zero-order valence-electron chi connectivity index (χ0n) is 14.0. The zero-order chi connectivity index (χ0) is 16.3. The van der Waals surface area contributed by atoms with Crippen molar-refractivity contribution in [3.63, 3.8) is 0 Å². The van der Waals surface area contributed by atoms with Crippen LogP contribution < -0.4 is 0 Å². The van der Waals surface area contributed by atoms with E-state index in [4.69, 9.17) is 5.11 Å². The van der Waals surface area contributed by atoms with Crippen LogP contribution >= 0.6 is 0 Å². The lowest BCUT2D eigenvalue weighted by Crippen LogP contribution is -1.93. The Labute approximate surface area is 136 Å². The first-order valence-corrected chi connectivity index (χ1v) is 8.62. The fraction of sp³-hybridized carbons (Fsp3) is 0.550. The van der Waals surface area contributed by atoms with Crippen LogP contribution in [0.5, 0.6) is 0 Å². The van der Waals surface area contributed by atoms with Crippen LogP contribution in [-0.4, -0.2) is 11.1 Å². The molecule has 0 rings (SSSR count). The SMILES string of the molecule is CCCCCC=CCC=CC=CC=CCCCCCC(=O)O. The maximum atomic E-state index is 10.3. The van der Waals surface area contributed by atoms with E-state index in [2.05, 4.69) is 43.4 Å². The lowest BCUT2D eigenvalue weighted by atomic mass is 10.1. The van der Waals surface area contributed by atoms with Crippen molar-refractivity contribution in [3.05, 3.63) is 48.6 Å². The van der Waals surface area contributed by atoms with Crippen LogP contribution in [0.1, 0.15) is 71.1 Å². The summed E-state index contributed by atoms with van der Waals surface area (Å²) < 4.78 is 0. The molecular formula is C20H32O2. The summed E-state index contributed by atoms with van der Waals surface area (Å²) in [6.07, 6.45) is 27.3. The molecule has 0 fully saturated rings. The van der Waals surface area contributed by atoms with Gasteiger partial charge in [-0.2, -0.15) is 0 Å². The minimum absolute atomic E-state index is 0.293. The van der Waals surface area contributed by atoms with Crippen molar-refractivity contribution in [2.75, 3.05) is 0 Å². The third-order valence-electron chi connectivity index (χ3n) is 3.28. The van der Waals surface area contributed by atoms with E-state index in [0.29, 0.717) is 6.42 Å². The second kappa shape index (κ2) is 17.5. The molecule has 0 heterocycles. The highest BCUT2D eigenvalue weighted by molar-refractivity contribution is 5.66. The zero-order valence-corrected chi connectivity index (χ0v) is 14.0. The van der Waals surface area contributed by atoms with Gasteiger partial charge in [0.25, 0.3) is 0 Å². The summed E-state index contributed by atoms with van der Waals surface area (Å²) in [4.78, 5) is 10.3. The molecule has 0 aliphatic carbocycles. The maximum Gasteiger partial charge on any atom is 0.303 e. The van der Waals surface area contributed by atoms with Crippen molar-refractivity contribution in [1.82, 2.24) is 0 Å². The number of rotatable bonds is 14. The van der Waals surface area contributed by atoms with Gasteiger partial charge in [-0.1, -0.05) is 74.8 Å². The summed E-state index contributed by atoms with van der Waals surface area (Å²) in [5.41, 5.74) is 0. The molecule has 0 aliphatic rings. The first-order valence-electron chi connectivity index (χ1n) is 8.62. The molecule has 0 bridgehead atoms. The summed E-state index contributed by atoms with van der Waals surface area (Å²) in [6.45, 7) is 2.23. The Hall–Kier alpha value is -1.57. The Morgan fingerprint density at radius 1 is 0.773 bits per heavy atom. The van der Waals surface area contributed by atoms with Gasteiger partial charge in [-0.05, 0) is 38.5 Å². The van der Waals surface area contributed by atoms with E-state index in [1.807, 2.05) is 12.2 Å². The average molecular weight is 304 g/mol. The highest BCUT2D eigenvalue weighted by Gasteiger charge is 1.94. The van der Waals surface area contributed by atoms with Crippen LogP contribution in [0, 0.1) is 0 Å². The molecule has 0 saturated heterocycles. The van der Waals surface area contributed by atoms with Gasteiger partial charge in [0.1, 0.15) is 0 Å². The van der Waals surface area contributed by atoms with Gasteiger partial charge >= 0.3 is 5.97 Å². The van der Waals surface area contributed by atoms with Crippen molar-refractivity contribution in [2.24, 2.45) is 0 Å². The second-order valence-corrected chi connectivity index (χ2v) is 5.44. The molecule has 2 nitrogen and oxygen atoms in total. The standard InChI is InChI=1S/C20H32O2/c1-2-3-4-5-6-7-8-9-10-11-12-13-14-15-16-17-18-19-20(21)22/h6-7,9-14H,2-5,8,15-19H2,1H3,(H,21,22). The fourth-order valence-electron chi connectivity index (χ4n) is 1.98. The van der Waals surface area contributed by atoms with E-state index in [9.17, 15) is 4.79 Å². The fourth-order valence-corrected chi connectivity index (χ4v) is 1.98. The predicted octanol–water partition coefficient (Wildman–Crippen LogP) is 6.22. The molecular weight excluding hydrogens is 272 g/mol. The Bertz CT molecular complexity index is 362. The molecule has 0 aromatic heterocycles. The molecule has 1 N–H and O–H groups in total. The summed E-state index contributed by atoms with van der Waals surface area (Å²) >= 11 is 0. The van der Waals surface area contributed by atoms with Gasteiger partial charge in [0.05, 0.1) is 0 Å². The molecule has 0 aliphatic heterocycles. The summed E-state index contributed by atoms with van der Waals surface area (Å²) in [6, 6.07) is 0. The first kappa shape index (κ1) is 20.4. The molecule has 2 heteroatoms. The summed E-state index contributed by atoms with van der Waals surface area (Å²) in [7, 11) is 0. The van der Waals surface area contributed by atoms with E-state index in [1.54, 1.807) is 0 Å². The summed E-state index contributed by atoms with van der Waals surface area (Å²) in [5.74, 6) is -0.693. The van der Waals surface area contributed by atoms with Crippen molar-refractivity contribution >= 4 is 5.97 Å². The number of hydrogen-bond acceptors (Lipinski definition) is 1. The number of carboxylic acids is 1. The van der Waals surface area contributed by atoms with Crippen molar-refractivity contribution in [1.29, 1.82) is 0 Å². The molecule has 0 atom stereocenters. The Morgan fingerprint density at radius 3 is 2.18 bits per heavy atom. The van der Waals surface area contributed by atoms with E-state index >= 15 is 0 Å². The van der Waals surface area contributed by atoms with Gasteiger partial charge in [-0.3, -0.25) is 4.79 Å². The quantitative estimate of drug-likeness (QED) is 0.235. The third-order valence-corrected chi connectivity index (χ3v) is 3.28. The van der Waals surface area contributed by atoms with Crippen LogP contribution in [0.4, 0.5) is 0 Å². The highest BCUT2D eigenvalue weighted by Crippen LogP contribution is 2.03. The topological polar surface area (TPSA) is 37.3 Å². The second-order valence-electron chi connectivity index (χ2n) is 5.44. The molecule has 0 spiro atoms. The lowest BCUT2D eigenvalue weighted by molar-refractivity contribution is -0.137. The number of carboxylic acid groups (broad SMARTS) is 1. The van der Waals surface area contributed by atoms with Gasteiger partial charge < -0.3 is 5.11 Å². The molecule has 0 aromatic rings. The largest absolute Gasteiger partial charge is 0.481 e. The van der Waals surface area contributed by atoms with E-state index in [-0.39, 0.29) is 0 Å². The number of hydrogen-bond donors (Lipinski definition) is 1. The van der Waals surface area contributed by atoms with Crippen molar-refractivity contribution < 1.29 is 9.90 Å². The summed E-state index contributed by atoms with van der Waals surface area (Å²) in [5, 5.41) is 8.51. The van der Waals surface area contributed by atoms with E-state index in [1.165, 1.54) is 25.7 Å². The maximum absolute atomic E-state index is 10.3. The molecule has 0 amide bonds. The monoisotopic (exact) mass is 304 g/mol. The van der Waals surface area contributed by atoms with Crippen LogP contribution in [0.15, 0.2) is 48.6 Å². The van der Waals surface area contributed by atoms with Gasteiger partial charge in [0.15, 0.2) is 0 Å². The van der Waals surface area contributed by atoms with Crippen LogP contribution in [0.2, 0.25) is 0 Å². The van der Waals surface area contributed by atoms with Crippen LogP contribution in [-0.2, 0) is 4.79 Å². The van der Waals surface area contributed by atoms with Gasteiger partial charge in [0.2, 0.25) is 0 Å². The molecule has 0 radical (unpaired) electrons. The predicted molar refractivity (Wildman–Crippen MR) is 96.0 cm³/mol. The van der Waals surface area contributed by atoms with Gasteiger partial charge in [-0.15, -0.1) is 0 Å². The molecule has 124 valence electrons. The Kier molecular flexibility index (Phi) is 16.2. The lowest BCUT2D eigenvalue weighted by Gasteiger charge is -1.94. The Balaban J connectivity index is 3.43. The third kappa shape index (κ3) is 18.4. The normalized spacial score (nSPS) is 12.4. The van der Waals surface area contributed by atoms with Crippen LogP contribution in [0.25, 0.3) is 0 Å². The minimum atomic E-state index is -0.693. The smallest absolute Gasteiger partial charge is 0.303 e. The number of unbranched alkanes of at least 4 members (excludes halogenated alkanes) is 6. The van der Waals surface area contributed by atoms with E-state index < -0.39 is 5.97 Å². The van der Waals surface area contributed by atoms with Crippen molar-refractivity contribution in [3.8, 4) is 0 Å². The minimum Gasteiger partial charge on any atom is -0.481 e. The molecule has 22 heavy (non-hydrogen) atoms. The first-order chi connectivity index (χ1) is 10.8. The molecule has 0 unspecified atom stereocenters. The van der Waals surface area contributed by atoms with Crippen molar-refractivity contribution in [2.45, 2.75) is 71.1 Å². The molecule has 0 saturated carbocycles. The highest BCUT2D eigenvalue weighted by atomic mass is 16.4. The number of aliphatic carboxylic acids is 1. The number of allylic oxidation sites excluding steroid dienone is 8. The van der Waals surface area contributed by atoms with Gasteiger partial charge in [-0.25, -0.2) is 0 Å². The van der Waals surface area contributed by atoms with Gasteiger partial charge in [0, 0.05) is 6.42 Å². The number of carbonyl (C=O) groups is 1.